The van der Waals surface area contributed by atoms with Gasteiger partial charge in [0, 0.05) is 41.4 Å². The lowest BCUT2D eigenvalue weighted by molar-refractivity contribution is -0.0472. The van der Waals surface area contributed by atoms with E-state index >= 15 is 0 Å². The van der Waals surface area contributed by atoms with Crippen molar-refractivity contribution in [2.75, 3.05) is 5.32 Å². The van der Waals surface area contributed by atoms with Gasteiger partial charge in [-0.2, -0.15) is 0 Å². The minimum atomic E-state index is -1.21. The van der Waals surface area contributed by atoms with Gasteiger partial charge in [0.15, 0.2) is 16.7 Å². The maximum absolute atomic E-state index is 10.2. The predicted molar refractivity (Wildman–Crippen MR) is 133 cm³/mol. The smallest absolute Gasteiger partial charge is 0.188 e. The van der Waals surface area contributed by atoms with Crippen LogP contribution in [0, 0.1) is 6.92 Å². The van der Waals surface area contributed by atoms with Crippen LogP contribution in [-0.2, 0) is 6.42 Å². The highest BCUT2D eigenvalue weighted by atomic mass is 32.2. The Bertz CT molecular complexity index is 1240. The van der Waals surface area contributed by atoms with Gasteiger partial charge in [-0.25, -0.2) is 15.0 Å². The molecule has 4 aromatic heterocycles. The van der Waals surface area contributed by atoms with Crippen LogP contribution in [0.15, 0.2) is 70.3 Å². The number of aryl methyl sites for hydroxylation is 1. The number of hydrogen-bond acceptors (Lipinski definition) is 10. The summed E-state index contributed by atoms with van der Waals surface area (Å²) in [7, 11) is 0. The fraction of sp³-hybridized carbons (Fsp3) is 0.250. The van der Waals surface area contributed by atoms with E-state index < -0.39 is 11.7 Å². The summed E-state index contributed by atoms with van der Waals surface area (Å²) in [6, 6.07) is 11.3. The summed E-state index contributed by atoms with van der Waals surface area (Å²) in [5.41, 5.74) is 0.228. The van der Waals surface area contributed by atoms with Gasteiger partial charge in [0.2, 0.25) is 0 Å². The Morgan fingerprint density at radius 2 is 1.94 bits per heavy atom. The molecule has 1 unspecified atom stereocenters. The lowest BCUT2D eigenvalue weighted by Crippen LogP contribution is -2.37. The molecule has 0 saturated heterocycles. The van der Waals surface area contributed by atoms with Gasteiger partial charge in [0.05, 0.1) is 23.1 Å². The Labute approximate surface area is 206 Å². The van der Waals surface area contributed by atoms with Gasteiger partial charge in [0.1, 0.15) is 10.8 Å². The number of anilines is 2. The topological polar surface area (TPSA) is 113 Å². The number of nitrogens with one attached hydrogen (secondary N) is 1. The first kappa shape index (κ1) is 24.1. The quantitative estimate of drug-likeness (QED) is 0.295. The number of nitrogens with zero attached hydrogens (tertiary/aromatic N) is 4. The fourth-order valence-electron chi connectivity index (χ4n) is 2.89. The average Bonchev–Trinajstić information content (AvgIpc) is 3.24. The Kier molecular flexibility index (Phi) is 7.42. The molecule has 0 amide bonds. The summed E-state index contributed by atoms with van der Waals surface area (Å²) in [6.07, 6.45) is 4.53. The van der Waals surface area contributed by atoms with E-state index in [0.717, 1.165) is 15.6 Å². The zero-order valence-corrected chi connectivity index (χ0v) is 20.6. The average molecular weight is 496 g/mol. The first-order valence-corrected chi connectivity index (χ1v) is 12.3. The molecular formula is C24H25N5O3S2. The second kappa shape index (κ2) is 10.5. The summed E-state index contributed by atoms with van der Waals surface area (Å²) in [4.78, 5) is 18.6. The Morgan fingerprint density at radius 3 is 2.68 bits per heavy atom. The Morgan fingerprint density at radius 1 is 1.12 bits per heavy atom. The minimum absolute atomic E-state index is 0.243. The number of aliphatic hydroxyl groups excluding tert-OH is 1. The first-order valence-electron chi connectivity index (χ1n) is 10.6. The molecule has 0 aliphatic rings. The molecule has 0 radical (unpaired) electrons. The molecule has 176 valence electrons. The number of aliphatic hydroxyl groups is 2. The van der Waals surface area contributed by atoms with Crippen LogP contribution in [-0.4, -0.2) is 41.9 Å². The van der Waals surface area contributed by atoms with Gasteiger partial charge in [-0.05, 0) is 45.0 Å². The second-order valence-electron chi connectivity index (χ2n) is 8.12. The van der Waals surface area contributed by atoms with Gasteiger partial charge in [-0.1, -0.05) is 17.8 Å². The molecule has 34 heavy (non-hydrogen) atoms. The monoisotopic (exact) mass is 495 g/mol. The van der Waals surface area contributed by atoms with Crippen LogP contribution in [0.2, 0.25) is 0 Å². The lowest BCUT2D eigenvalue weighted by atomic mass is 9.98. The van der Waals surface area contributed by atoms with Crippen molar-refractivity contribution < 1.29 is 14.9 Å². The molecule has 4 heterocycles. The van der Waals surface area contributed by atoms with Gasteiger partial charge < -0.3 is 20.3 Å². The maximum atomic E-state index is 10.2. The van der Waals surface area contributed by atoms with Gasteiger partial charge in [-0.15, -0.1) is 11.3 Å². The normalized spacial score (nSPS) is 12.4. The molecule has 8 nitrogen and oxygen atoms in total. The van der Waals surface area contributed by atoms with Crippen LogP contribution in [0.1, 0.15) is 25.2 Å². The summed E-state index contributed by atoms with van der Waals surface area (Å²) in [5, 5.41) is 26.7. The largest absolute Gasteiger partial charge is 0.452 e. The van der Waals surface area contributed by atoms with Crippen LogP contribution >= 0.6 is 23.1 Å². The van der Waals surface area contributed by atoms with Gasteiger partial charge >= 0.3 is 0 Å². The van der Waals surface area contributed by atoms with E-state index in [2.05, 4.69) is 25.3 Å². The Hall–Kier alpha value is -3.05. The third-order valence-corrected chi connectivity index (χ3v) is 6.58. The van der Waals surface area contributed by atoms with Crippen molar-refractivity contribution in [3.8, 4) is 11.5 Å². The molecule has 0 spiro atoms. The molecule has 0 saturated carbocycles. The second-order valence-corrected chi connectivity index (χ2v) is 10.1. The minimum Gasteiger partial charge on any atom is -0.452 e. The van der Waals surface area contributed by atoms with Crippen molar-refractivity contribution >= 4 is 34.0 Å². The maximum Gasteiger partial charge on any atom is 0.188 e. The van der Waals surface area contributed by atoms with E-state index in [1.54, 1.807) is 32.4 Å². The molecule has 4 aromatic rings. The van der Waals surface area contributed by atoms with Crippen molar-refractivity contribution in [2.45, 2.75) is 48.8 Å². The highest BCUT2D eigenvalue weighted by Crippen LogP contribution is 2.36. The molecule has 4 rings (SSSR count). The number of rotatable bonds is 9. The van der Waals surface area contributed by atoms with Crippen LogP contribution in [0.5, 0.6) is 11.5 Å². The van der Waals surface area contributed by atoms with Crippen molar-refractivity contribution in [1.82, 2.24) is 19.9 Å². The number of pyridine rings is 3. The van der Waals surface area contributed by atoms with E-state index in [1.165, 1.54) is 23.1 Å². The highest BCUT2D eigenvalue weighted by molar-refractivity contribution is 7.99. The van der Waals surface area contributed by atoms with E-state index in [9.17, 15) is 10.2 Å². The lowest BCUT2D eigenvalue weighted by Gasteiger charge is -2.23. The molecule has 0 aliphatic heterocycles. The molecule has 3 N–H and O–H groups in total. The van der Waals surface area contributed by atoms with Crippen LogP contribution < -0.4 is 10.1 Å². The predicted octanol–water partition coefficient (Wildman–Crippen LogP) is 5.00. The number of aromatic nitrogens is 4. The summed E-state index contributed by atoms with van der Waals surface area (Å²) < 4.78 is 6.19. The first-order chi connectivity index (χ1) is 16.3. The van der Waals surface area contributed by atoms with Crippen molar-refractivity contribution in [1.29, 1.82) is 0 Å². The SMILES string of the molecule is Cc1ncccc1Oc1cc(Sc2ccccn2)cnc1Nc1nc(CC(O)C(C)(C)O)cs1. The van der Waals surface area contributed by atoms with E-state index in [-0.39, 0.29) is 6.42 Å². The van der Waals surface area contributed by atoms with Gasteiger partial charge in [-0.3, -0.25) is 4.98 Å². The number of thiazole rings is 1. The molecule has 0 bridgehead atoms. The van der Waals surface area contributed by atoms with Crippen molar-refractivity contribution in [3.05, 3.63) is 71.8 Å². The van der Waals surface area contributed by atoms with Crippen molar-refractivity contribution in [3.63, 3.8) is 0 Å². The third-order valence-electron chi connectivity index (χ3n) is 4.86. The third kappa shape index (κ3) is 6.29. The molecular weight excluding hydrogens is 470 g/mol. The molecule has 10 heteroatoms. The van der Waals surface area contributed by atoms with E-state index in [1.807, 2.05) is 48.7 Å². The summed E-state index contributed by atoms with van der Waals surface area (Å²) >= 11 is 2.87. The Balaban J connectivity index is 1.59. The van der Waals surface area contributed by atoms with Crippen LogP contribution in [0.4, 0.5) is 10.9 Å². The van der Waals surface area contributed by atoms with Crippen molar-refractivity contribution in [2.24, 2.45) is 0 Å². The molecule has 1 atom stereocenters. The van der Waals surface area contributed by atoms with E-state index in [4.69, 9.17) is 4.74 Å². The zero-order chi connectivity index (χ0) is 24.1. The van der Waals surface area contributed by atoms with Gasteiger partial charge in [0.25, 0.3) is 0 Å². The molecule has 0 fully saturated rings. The fourth-order valence-corrected chi connectivity index (χ4v) is 4.38. The standard InChI is InChI=1S/C24H25N5O3S2/c1-15-18(7-6-10-25-15)32-19-12-17(34-21-8-4-5-9-26-21)13-27-22(19)29-23-28-16(14-33-23)11-20(30)24(2,3)31/h4-10,12-14,20,30-31H,11H2,1-3H3,(H,27,28,29). The van der Waals surface area contributed by atoms with E-state index in [0.29, 0.717) is 28.1 Å². The highest BCUT2D eigenvalue weighted by Gasteiger charge is 2.25. The molecule has 0 aromatic carbocycles. The number of hydrogen-bond donors (Lipinski definition) is 3. The summed E-state index contributed by atoms with van der Waals surface area (Å²) in [6.45, 7) is 5.02. The molecule has 0 aliphatic carbocycles. The number of ether oxygens (including phenoxy) is 1. The van der Waals surface area contributed by atoms with Crippen LogP contribution in [0.25, 0.3) is 0 Å². The van der Waals surface area contributed by atoms with Crippen LogP contribution in [0.3, 0.4) is 0 Å². The zero-order valence-electron chi connectivity index (χ0n) is 19.0. The summed E-state index contributed by atoms with van der Waals surface area (Å²) in [5.74, 6) is 1.64.